The van der Waals surface area contributed by atoms with Gasteiger partial charge in [-0.3, -0.25) is 14.2 Å². The normalized spacial score (nSPS) is 15.6. The zero-order valence-corrected chi connectivity index (χ0v) is 19.4. The predicted molar refractivity (Wildman–Crippen MR) is 127 cm³/mol. The van der Waals surface area contributed by atoms with Crippen LogP contribution in [-0.2, 0) is 11.3 Å². The van der Waals surface area contributed by atoms with Crippen LogP contribution in [0.2, 0.25) is 0 Å². The summed E-state index contributed by atoms with van der Waals surface area (Å²) in [6, 6.07) is 8.30. The molecule has 168 valence electrons. The Kier molecular flexibility index (Phi) is 7.19. The quantitative estimate of drug-likeness (QED) is 0.433. The van der Waals surface area contributed by atoms with E-state index in [-0.39, 0.29) is 28.3 Å². The van der Waals surface area contributed by atoms with Crippen LogP contribution >= 0.6 is 11.8 Å². The Morgan fingerprint density at radius 2 is 1.88 bits per heavy atom. The zero-order valence-electron chi connectivity index (χ0n) is 18.6. The zero-order chi connectivity index (χ0) is 22.5. The number of aromatic nitrogens is 4. The molecule has 1 amide bonds. The Morgan fingerprint density at radius 1 is 1.16 bits per heavy atom. The summed E-state index contributed by atoms with van der Waals surface area (Å²) in [5, 5.41) is 3.38. The molecule has 1 aliphatic rings. The first-order valence-electron chi connectivity index (χ1n) is 11.3. The highest BCUT2D eigenvalue weighted by molar-refractivity contribution is 8.00. The van der Waals surface area contributed by atoms with E-state index in [1.807, 2.05) is 38.1 Å². The first-order valence-corrected chi connectivity index (χ1v) is 12.2. The van der Waals surface area contributed by atoms with Gasteiger partial charge in [0.2, 0.25) is 5.91 Å². The molecule has 32 heavy (non-hydrogen) atoms. The predicted octanol–water partition coefficient (Wildman–Crippen LogP) is 3.86. The van der Waals surface area contributed by atoms with Crippen LogP contribution in [0.3, 0.4) is 0 Å². The van der Waals surface area contributed by atoms with Crippen molar-refractivity contribution in [3.05, 3.63) is 58.1 Å². The van der Waals surface area contributed by atoms with E-state index >= 15 is 0 Å². The summed E-state index contributed by atoms with van der Waals surface area (Å²) in [5.41, 5.74) is 2.45. The summed E-state index contributed by atoms with van der Waals surface area (Å²) < 4.78 is 1.61. The lowest BCUT2D eigenvalue weighted by molar-refractivity contribution is -0.121. The van der Waals surface area contributed by atoms with Gasteiger partial charge in [-0.15, -0.1) is 0 Å². The summed E-state index contributed by atoms with van der Waals surface area (Å²) in [6.45, 7) is 4.38. The van der Waals surface area contributed by atoms with Gasteiger partial charge in [0.15, 0.2) is 16.3 Å². The van der Waals surface area contributed by atoms with Crippen LogP contribution in [0.25, 0.3) is 11.2 Å². The third-order valence-corrected chi connectivity index (χ3v) is 7.24. The number of hydrogen-bond acceptors (Lipinski definition) is 6. The number of carbonyl (C=O) groups excluding carboxylic acids is 1. The first-order chi connectivity index (χ1) is 15.5. The van der Waals surface area contributed by atoms with Gasteiger partial charge < -0.3 is 5.32 Å². The van der Waals surface area contributed by atoms with Gasteiger partial charge in [-0.25, -0.2) is 15.0 Å². The third kappa shape index (κ3) is 5.18. The van der Waals surface area contributed by atoms with Crippen LogP contribution in [-0.4, -0.2) is 36.7 Å². The molecule has 0 radical (unpaired) electrons. The Balaban J connectivity index is 1.65. The molecule has 0 unspecified atom stereocenters. The van der Waals surface area contributed by atoms with Gasteiger partial charge in [-0.1, -0.05) is 67.8 Å². The Bertz CT molecular complexity index is 1140. The summed E-state index contributed by atoms with van der Waals surface area (Å²) in [4.78, 5) is 39.4. The van der Waals surface area contributed by atoms with Gasteiger partial charge in [0.25, 0.3) is 5.56 Å². The van der Waals surface area contributed by atoms with Crippen LogP contribution in [0.1, 0.15) is 56.6 Å². The second-order valence-corrected chi connectivity index (χ2v) is 9.53. The maximum absolute atomic E-state index is 13.3. The molecule has 0 aliphatic heterocycles. The number of fused-ring (bicyclic) bond motifs is 1. The Morgan fingerprint density at radius 3 is 2.59 bits per heavy atom. The van der Waals surface area contributed by atoms with Crippen molar-refractivity contribution in [2.75, 3.05) is 0 Å². The second kappa shape index (κ2) is 10.3. The van der Waals surface area contributed by atoms with Gasteiger partial charge >= 0.3 is 0 Å². The Labute approximate surface area is 192 Å². The van der Waals surface area contributed by atoms with Crippen LogP contribution in [0.15, 0.2) is 46.6 Å². The smallest absolute Gasteiger partial charge is 0.282 e. The molecule has 7 nitrogen and oxygen atoms in total. The molecular weight excluding hydrogens is 422 g/mol. The van der Waals surface area contributed by atoms with Crippen molar-refractivity contribution >= 4 is 28.8 Å². The van der Waals surface area contributed by atoms with E-state index in [1.165, 1.54) is 30.6 Å². The molecule has 1 N–H and O–H groups in total. The summed E-state index contributed by atoms with van der Waals surface area (Å²) >= 11 is 1.34. The summed E-state index contributed by atoms with van der Waals surface area (Å²) in [7, 11) is 0. The van der Waals surface area contributed by atoms with Crippen molar-refractivity contribution < 1.29 is 4.79 Å². The van der Waals surface area contributed by atoms with Gasteiger partial charge in [-0.05, 0) is 31.7 Å². The summed E-state index contributed by atoms with van der Waals surface area (Å²) in [5.74, 6) is 0.0137. The van der Waals surface area contributed by atoms with Gasteiger partial charge in [0.05, 0.1) is 11.8 Å². The molecule has 1 atom stereocenters. The number of nitrogens with one attached hydrogen (secondary N) is 1. The SMILES string of the molecule is CC[C@H](Sc1nc2nccnc2c(=O)n1Cc1ccc(C)cc1)C(=O)NC1CCCCC1. The molecule has 8 heteroatoms. The van der Waals surface area contributed by atoms with Crippen LogP contribution in [0, 0.1) is 6.92 Å². The highest BCUT2D eigenvalue weighted by Gasteiger charge is 2.25. The van der Waals surface area contributed by atoms with Crippen molar-refractivity contribution in [3.8, 4) is 0 Å². The topological polar surface area (TPSA) is 89.8 Å². The van der Waals surface area contributed by atoms with Gasteiger partial charge in [0.1, 0.15) is 0 Å². The van der Waals surface area contributed by atoms with E-state index in [1.54, 1.807) is 4.57 Å². The van der Waals surface area contributed by atoms with Crippen LogP contribution in [0.5, 0.6) is 0 Å². The lowest BCUT2D eigenvalue weighted by atomic mass is 9.95. The molecule has 0 bridgehead atoms. The Hall–Kier alpha value is -2.74. The van der Waals surface area contributed by atoms with E-state index in [0.717, 1.165) is 36.8 Å². The van der Waals surface area contributed by atoms with Crippen LogP contribution < -0.4 is 10.9 Å². The molecule has 3 aromatic rings. The van der Waals surface area contributed by atoms with Gasteiger partial charge in [0, 0.05) is 18.4 Å². The minimum absolute atomic E-state index is 0.0137. The van der Waals surface area contributed by atoms with E-state index < -0.39 is 0 Å². The van der Waals surface area contributed by atoms with Gasteiger partial charge in [-0.2, -0.15) is 0 Å². The lowest BCUT2D eigenvalue weighted by Crippen LogP contribution is -2.41. The minimum Gasteiger partial charge on any atom is -0.352 e. The lowest BCUT2D eigenvalue weighted by Gasteiger charge is -2.25. The average Bonchev–Trinajstić information content (AvgIpc) is 2.81. The van der Waals surface area contributed by atoms with Crippen molar-refractivity contribution in [1.29, 1.82) is 0 Å². The molecule has 0 spiro atoms. The van der Waals surface area contributed by atoms with E-state index in [2.05, 4.69) is 20.3 Å². The van der Waals surface area contributed by atoms with Crippen molar-refractivity contribution in [2.45, 2.75) is 75.4 Å². The maximum atomic E-state index is 13.3. The summed E-state index contributed by atoms with van der Waals surface area (Å²) in [6.07, 6.45) is 9.31. The molecule has 1 fully saturated rings. The fourth-order valence-electron chi connectivity index (χ4n) is 4.03. The standard InChI is InChI=1S/C24H29N5O2S/c1-3-19(22(30)27-18-7-5-4-6-8-18)32-24-28-21-20(25-13-14-26-21)23(31)29(24)15-17-11-9-16(2)10-12-17/h9-14,18-19H,3-8,15H2,1-2H3,(H,27,30)/t19-/m0/s1. The fraction of sp³-hybridized carbons (Fsp3) is 0.458. The maximum Gasteiger partial charge on any atom is 0.282 e. The van der Waals surface area contributed by atoms with E-state index in [4.69, 9.17) is 0 Å². The highest BCUT2D eigenvalue weighted by atomic mass is 32.2. The van der Waals surface area contributed by atoms with E-state index in [9.17, 15) is 9.59 Å². The second-order valence-electron chi connectivity index (χ2n) is 8.36. The monoisotopic (exact) mass is 451 g/mol. The fourth-order valence-corrected chi connectivity index (χ4v) is 5.04. The molecule has 1 aromatic carbocycles. The number of aryl methyl sites for hydroxylation is 1. The molecule has 1 saturated carbocycles. The molecule has 2 heterocycles. The minimum atomic E-state index is -0.331. The van der Waals surface area contributed by atoms with E-state index in [0.29, 0.717) is 23.8 Å². The molecule has 2 aromatic heterocycles. The number of hydrogen-bond donors (Lipinski definition) is 1. The number of amides is 1. The molecular formula is C24H29N5O2S. The van der Waals surface area contributed by atoms with Crippen molar-refractivity contribution in [1.82, 2.24) is 24.8 Å². The molecule has 4 rings (SSSR count). The number of rotatable bonds is 7. The molecule has 1 aliphatic carbocycles. The van der Waals surface area contributed by atoms with Crippen molar-refractivity contribution in [3.63, 3.8) is 0 Å². The first kappa shape index (κ1) is 22.5. The number of carbonyl (C=O) groups is 1. The number of benzene rings is 1. The number of nitrogens with zero attached hydrogens (tertiary/aromatic N) is 4. The molecule has 0 saturated heterocycles. The highest BCUT2D eigenvalue weighted by Crippen LogP contribution is 2.26. The third-order valence-electron chi connectivity index (χ3n) is 5.88. The van der Waals surface area contributed by atoms with Crippen LogP contribution in [0.4, 0.5) is 0 Å². The number of thioether (sulfide) groups is 1. The largest absolute Gasteiger partial charge is 0.352 e. The van der Waals surface area contributed by atoms with Crippen molar-refractivity contribution in [2.24, 2.45) is 0 Å². The average molecular weight is 452 g/mol.